The molecule has 2 amide bonds. The summed E-state index contributed by atoms with van der Waals surface area (Å²) in [5.41, 5.74) is 0.684. The Morgan fingerprint density at radius 2 is 1.92 bits per heavy atom. The molecule has 0 bridgehead atoms. The van der Waals surface area contributed by atoms with E-state index in [2.05, 4.69) is 10.2 Å². The number of amides is 2. The lowest BCUT2D eigenvalue weighted by Gasteiger charge is -2.32. The number of benzene rings is 1. The number of carbonyl (C=O) groups excluding carboxylic acids is 2. The van der Waals surface area contributed by atoms with Crippen molar-refractivity contribution < 1.29 is 14.3 Å². The Hall–Kier alpha value is -2.08. The zero-order chi connectivity index (χ0) is 17.2. The fourth-order valence-electron chi connectivity index (χ4n) is 3.76. The van der Waals surface area contributed by atoms with E-state index in [-0.39, 0.29) is 24.4 Å². The maximum atomic E-state index is 12.5. The number of para-hydroxylation sites is 2. The van der Waals surface area contributed by atoms with Gasteiger partial charge in [-0.05, 0) is 37.8 Å². The van der Waals surface area contributed by atoms with Crippen molar-refractivity contribution in [2.45, 2.75) is 44.2 Å². The second-order valence-corrected chi connectivity index (χ2v) is 7.16. The van der Waals surface area contributed by atoms with Crippen LogP contribution in [0.5, 0.6) is 5.75 Å². The van der Waals surface area contributed by atoms with Crippen LogP contribution in [0, 0.1) is 0 Å². The van der Waals surface area contributed by atoms with Crippen LogP contribution < -0.4 is 15.0 Å². The molecular formula is C19H25N3O3. The van der Waals surface area contributed by atoms with E-state index in [9.17, 15) is 9.59 Å². The number of hydrogen-bond donors (Lipinski definition) is 1. The van der Waals surface area contributed by atoms with Crippen LogP contribution in [0.25, 0.3) is 0 Å². The van der Waals surface area contributed by atoms with E-state index in [1.54, 1.807) is 4.90 Å². The van der Waals surface area contributed by atoms with Crippen LogP contribution in [-0.4, -0.2) is 55.0 Å². The van der Waals surface area contributed by atoms with Gasteiger partial charge in [-0.2, -0.15) is 0 Å². The zero-order valence-corrected chi connectivity index (χ0v) is 14.4. The molecule has 1 saturated carbocycles. The minimum absolute atomic E-state index is 0.0576. The summed E-state index contributed by atoms with van der Waals surface area (Å²) < 4.78 is 5.62. The fraction of sp³-hybridized carbons (Fsp3) is 0.579. The molecule has 2 fully saturated rings. The van der Waals surface area contributed by atoms with Crippen molar-refractivity contribution in [1.29, 1.82) is 0 Å². The summed E-state index contributed by atoms with van der Waals surface area (Å²) in [7, 11) is 0. The molecule has 3 aliphatic rings. The van der Waals surface area contributed by atoms with E-state index in [4.69, 9.17) is 4.74 Å². The van der Waals surface area contributed by atoms with Crippen LogP contribution in [0.2, 0.25) is 0 Å². The quantitative estimate of drug-likeness (QED) is 0.901. The van der Waals surface area contributed by atoms with Gasteiger partial charge in [-0.15, -0.1) is 0 Å². The number of nitrogens with zero attached hydrogens (tertiary/aromatic N) is 2. The Morgan fingerprint density at radius 1 is 1.16 bits per heavy atom. The first kappa shape index (κ1) is 16.4. The van der Waals surface area contributed by atoms with Gasteiger partial charge >= 0.3 is 0 Å². The molecule has 0 spiro atoms. The molecule has 1 aliphatic carbocycles. The van der Waals surface area contributed by atoms with Gasteiger partial charge < -0.3 is 15.0 Å². The highest BCUT2D eigenvalue weighted by atomic mass is 16.5. The number of carbonyl (C=O) groups is 2. The Bertz CT molecular complexity index is 651. The largest absolute Gasteiger partial charge is 0.491 e. The molecule has 4 rings (SSSR count). The summed E-state index contributed by atoms with van der Waals surface area (Å²) >= 11 is 0. The van der Waals surface area contributed by atoms with Gasteiger partial charge in [-0.25, -0.2) is 0 Å². The van der Waals surface area contributed by atoms with Crippen LogP contribution >= 0.6 is 0 Å². The number of anilines is 1. The van der Waals surface area contributed by atoms with E-state index >= 15 is 0 Å². The lowest BCUT2D eigenvalue weighted by molar-refractivity contribution is -0.124. The van der Waals surface area contributed by atoms with Crippen LogP contribution in [0.3, 0.4) is 0 Å². The molecule has 2 heterocycles. The summed E-state index contributed by atoms with van der Waals surface area (Å²) in [5, 5.41) is 3.12. The van der Waals surface area contributed by atoms with Crippen molar-refractivity contribution in [1.82, 2.24) is 10.2 Å². The highest BCUT2D eigenvalue weighted by molar-refractivity contribution is 6.00. The number of ether oxygens (including phenoxy) is 1. The maximum Gasteiger partial charge on any atom is 0.240 e. The summed E-state index contributed by atoms with van der Waals surface area (Å²) in [6, 6.07) is 8.42. The molecular weight excluding hydrogens is 318 g/mol. The van der Waals surface area contributed by atoms with E-state index in [1.165, 1.54) is 12.8 Å². The number of rotatable bonds is 4. The summed E-state index contributed by atoms with van der Waals surface area (Å²) in [6.45, 7) is 2.54. The average molecular weight is 343 g/mol. The number of hydrogen-bond acceptors (Lipinski definition) is 4. The predicted octanol–water partition coefficient (Wildman–Crippen LogP) is 1.55. The van der Waals surface area contributed by atoms with Gasteiger partial charge in [0.2, 0.25) is 11.8 Å². The van der Waals surface area contributed by atoms with Crippen molar-refractivity contribution in [3.05, 3.63) is 24.3 Å². The van der Waals surface area contributed by atoms with Gasteiger partial charge in [0.1, 0.15) is 12.3 Å². The number of piperidine rings is 1. The van der Waals surface area contributed by atoms with Gasteiger partial charge in [0.15, 0.2) is 0 Å². The number of nitrogens with one attached hydrogen (secondary N) is 1. The maximum absolute atomic E-state index is 12.5. The zero-order valence-electron chi connectivity index (χ0n) is 14.4. The molecule has 0 aromatic heterocycles. The minimum atomic E-state index is -0.0880. The Labute approximate surface area is 148 Å². The summed E-state index contributed by atoms with van der Waals surface area (Å²) in [5.74, 6) is 0.512. The van der Waals surface area contributed by atoms with Crippen LogP contribution in [-0.2, 0) is 9.59 Å². The van der Waals surface area contributed by atoms with Crippen molar-refractivity contribution in [2.75, 3.05) is 31.1 Å². The first-order valence-corrected chi connectivity index (χ1v) is 9.26. The molecule has 1 aromatic carbocycles. The minimum Gasteiger partial charge on any atom is -0.491 e. The summed E-state index contributed by atoms with van der Waals surface area (Å²) in [6.07, 6.45) is 4.94. The molecule has 2 aliphatic heterocycles. The Kier molecular flexibility index (Phi) is 4.61. The number of fused-ring (bicyclic) bond motifs is 1. The first-order chi connectivity index (χ1) is 12.2. The van der Waals surface area contributed by atoms with E-state index in [1.807, 2.05) is 24.3 Å². The standard InChI is InChI=1S/C19H25N3O3/c23-18(20-14-7-10-21(11-8-14)15-5-6-15)13-22-16-3-1-2-4-17(16)25-12-9-19(22)24/h1-4,14-15H,5-13H2,(H,20,23). The molecule has 25 heavy (non-hydrogen) atoms. The molecule has 6 nitrogen and oxygen atoms in total. The predicted molar refractivity (Wildman–Crippen MR) is 94.7 cm³/mol. The molecule has 134 valence electrons. The molecule has 1 saturated heterocycles. The monoisotopic (exact) mass is 343 g/mol. The fourth-order valence-corrected chi connectivity index (χ4v) is 3.76. The Morgan fingerprint density at radius 3 is 2.68 bits per heavy atom. The third-order valence-electron chi connectivity index (χ3n) is 5.29. The van der Waals surface area contributed by atoms with E-state index in [0.29, 0.717) is 24.5 Å². The third-order valence-corrected chi connectivity index (χ3v) is 5.29. The molecule has 0 unspecified atom stereocenters. The third kappa shape index (κ3) is 3.79. The molecule has 1 aromatic rings. The molecule has 6 heteroatoms. The van der Waals surface area contributed by atoms with E-state index in [0.717, 1.165) is 32.0 Å². The highest BCUT2D eigenvalue weighted by Gasteiger charge is 2.32. The molecule has 0 atom stereocenters. The number of likely N-dealkylation sites (tertiary alicyclic amines) is 1. The smallest absolute Gasteiger partial charge is 0.240 e. The summed E-state index contributed by atoms with van der Waals surface area (Å²) in [4.78, 5) is 29.0. The van der Waals surface area contributed by atoms with Crippen LogP contribution in [0.4, 0.5) is 5.69 Å². The second kappa shape index (κ2) is 7.04. The molecule has 1 N–H and O–H groups in total. The lowest BCUT2D eigenvalue weighted by Crippen LogP contribution is -2.48. The van der Waals surface area contributed by atoms with Crippen molar-refractivity contribution in [3.8, 4) is 5.75 Å². The van der Waals surface area contributed by atoms with Gasteiger partial charge in [0, 0.05) is 25.2 Å². The average Bonchev–Trinajstić information content (AvgIpc) is 3.46. The van der Waals surface area contributed by atoms with Gasteiger partial charge in [-0.1, -0.05) is 12.1 Å². The van der Waals surface area contributed by atoms with Crippen molar-refractivity contribution >= 4 is 17.5 Å². The van der Waals surface area contributed by atoms with Gasteiger partial charge in [0.05, 0.1) is 18.7 Å². The van der Waals surface area contributed by atoms with Crippen molar-refractivity contribution in [3.63, 3.8) is 0 Å². The Balaban J connectivity index is 1.36. The van der Waals surface area contributed by atoms with E-state index < -0.39 is 0 Å². The van der Waals surface area contributed by atoms with Gasteiger partial charge in [0.25, 0.3) is 0 Å². The molecule has 0 radical (unpaired) electrons. The highest BCUT2D eigenvalue weighted by Crippen LogP contribution is 2.31. The SMILES string of the molecule is O=C(CN1C(=O)CCOc2ccccc21)NC1CCN(C2CC2)CC1. The van der Waals surface area contributed by atoms with Gasteiger partial charge in [-0.3, -0.25) is 14.5 Å². The lowest BCUT2D eigenvalue weighted by atomic mass is 10.0. The van der Waals surface area contributed by atoms with Crippen molar-refractivity contribution in [2.24, 2.45) is 0 Å². The first-order valence-electron chi connectivity index (χ1n) is 9.26. The van der Waals surface area contributed by atoms with Crippen LogP contribution in [0.1, 0.15) is 32.1 Å². The topological polar surface area (TPSA) is 61.9 Å². The second-order valence-electron chi connectivity index (χ2n) is 7.16. The normalized spacial score (nSPS) is 22.1. The van der Waals surface area contributed by atoms with Crippen LogP contribution in [0.15, 0.2) is 24.3 Å².